The van der Waals surface area contributed by atoms with Crippen LogP contribution in [0.2, 0.25) is 5.02 Å². The van der Waals surface area contributed by atoms with Crippen molar-refractivity contribution < 1.29 is 22.7 Å². The summed E-state index contributed by atoms with van der Waals surface area (Å²) in [6, 6.07) is 6.24. The van der Waals surface area contributed by atoms with E-state index in [-0.39, 0.29) is 35.4 Å². The molecular weight excluding hydrogens is 475 g/mol. The summed E-state index contributed by atoms with van der Waals surface area (Å²) in [5.74, 6) is -3.79. The van der Waals surface area contributed by atoms with Gasteiger partial charge in [0.25, 0.3) is 5.95 Å². The maximum absolute atomic E-state index is 14.3. The lowest BCUT2D eigenvalue weighted by atomic mass is 10.1. The van der Waals surface area contributed by atoms with Gasteiger partial charge < -0.3 is 16.2 Å². The number of fused-ring (bicyclic) bond motifs is 1. The van der Waals surface area contributed by atoms with Crippen LogP contribution in [0.5, 0.6) is 0 Å². The molecule has 0 bridgehead atoms. The van der Waals surface area contributed by atoms with Crippen molar-refractivity contribution in [3.8, 4) is 5.95 Å². The maximum Gasteiger partial charge on any atom is 0.413 e. The van der Waals surface area contributed by atoms with Gasteiger partial charge in [-0.15, -0.1) is 0 Å². The average Bonchev–Trinajstić information content (AvgIpc) is 3.15. The van der Waals surface area contributed by atoms with E-state index in [1.165, 1.54) is 24.9 Å². The summed E-state index contributed by atoms with van der Waals surface area (Å²) in [5.41, 5.74) is 12.2. The molecule has 0 saturated carbocycles. The van der Waals surface area contributed by atoms with Crippen molar-refractivity contribution in [1.82, 2.24) is 19.7 Å². The first-order valence-corrected chi connectivity index (χ1v) is 10.0. The SMILES string of the molecule is COC(=O)N(C)c1c(N)nc(-n2nc(Cc3c(F)ccc(F)c3F)c3cc(Cl)ccc32)nc1N. The fourth-order valence-corrected chi connectivity index (χ4v) is 3.65. The van der Waals surface area contributed by atoms with Crippen molar-refractivity contribution in [3.05, 3.63) is 64.1 Å². The average molecular weight is 492 g/mol. The number of nitrogens with zero attached hydrogens (tertiary/aromatic N) is 5. The summed E-state index contributed by atoms with van der Waals surface area (Å²) >= 11 is 6.12. The van der Waals surface area contributed by atoms with Gasteiger partial charge in [-0.1, -0.05) is 11.6 Å². The van der Waals surface area contributed by atoms with Gasteiger partial charge in [0.1, 0.15) is 11.5 Å². The first kappa shape index (κ1) is 23.1. The van der Waals surface area contributed by atoms with Crippen LogP contribution in [-0.4, -0.2) is 40.0 Å². The Hall–Kier alpha value is -4.06. The van der Waals surface area contributed by atoms with Crippen LogP contribution in [0.3, 0.4) is 0 Å². The first-order valence-electron chi connectivity index (χ1n) is 9.67. The van der Waals surface area contributed by atoms with Gasteiger partial charge in [0.2, 0.25) is 0 Å². The highest BCUT2D eigenvalue weighted by atomic mass is 35.5. The minimum atomic E-state index is -1.32. The number of nitrogens with two attached hydrogens (primary N) is 2. The Bertz CT molecular complexity index is 1420. The van der Waals surface area contributed by atoms with Crippen LogP contribution < -0.4 is 16.4 Å². The van der Waals surface area contributed by atoms with Gasteiger partial charge in [0.05, 0.1) is 18.3 Å². The standard InChI is InChI=1S/C21H17ClF3N7O2/c1-31(21(33)34-2)17-18(26)28-20(29-19(17)27)32-15-6-3-9(22)7-11(15)14(30-32)8-10-12(23)4-5-13(24)16(10)25/h3-7H,8H2,1-2H3,(H4,26,27,28,29). The molecule has 2 aromatic heterocycles. The fraction of sp³-hybridized carbons (Fsp3) is 0.143. The third-order valence-corrected chi connectivity index (χ3v) is 5.34. The van der Waals surface area contributed by atoms with Crippen molar-refractivity contribution in [2.24, 2.45) is 0 Å². The Morgan fingerprint density at radius 1 is 1.12 bits per heavy atom. The van der Waals surface area contributed by atoms with Crippen LogP contribution in [0.15, 0.2) is 30.3 Å². The second-order valence-electron chi connectivity index (χ2n) is 7.19. The predicted molar refractivity (Wildman–Crippen MR) is 120 cm³/mol. The smallest absolute Gasteiger partial charge is 0.413 e. The Labute approximate surface area is 195 Å². The lowest BCUT2D eigenvalue weighted by molar-refractivity contribution is 0.180. The molecule has 4 rings (SSSR count). The number of carbonyl (C=O) groups is 1. The van der Waals surface area contributed by atoms with Gasteiger partial charge in [0, 0.05) is 29.4 Å². The van der Waals surface area contributed by atoms with E-state index >= 15 is 0 Å². The number of methoxy groups -OCH3 is 1. The van der Waals surface area contributed by atoms with Crippen LogP contribution >= 0.6 is 11.6 Å². The van der Waals surface area contributed by atoms with Crippen molar-refractivity contribution in [2.45, 2.75) is 6.42 Å². The summed E-state index contributed by atoms with van der Waals surface area (Å²) in [5, 5.41) is 5.14. The van der Waals surface area contributed by atoms with Gasteiger partial charge in [-0.25, -0.2) is 18.0 Å². The Morgan fingerprint density at radius 2 is 1.76 bits per heavy atom. The van der Waals surface area contributed by atoms with Crippen molar-refractivity contribution >= 4 is 45.9 Å². The van der Waals surface area contributed by atoms with Gasteiger partial charge in [-0.05, 0) is 30.3 Å². The molecular formula is C21H17ClF3N7O2. The molecule has 0 saturated heterocycles. The maximum atomic E-state index is 14.3. The van der Waals surface area contributed by atoms with E-state index in [2.05, 4.69) is 19.8 Å². The third kappa shape index (κ3) is 3.92. The van der Waals surface area contributed by atoms with Gasteiger partial charge in [-0.2, -0.15) is 19.7 Å². The Morgan fingerprint density at radius 3 is 2.41 bits per heavy atom. The minimum absolute atomic E-state index is 0.0271. The molecule has 2 heterocycles. The van der Waals surface area contributed by atoms with Crippen LogP contribution in [0, 0.1) is 17.5 Å². The molecule has 9 nitrogen and oxygen atoms in total. The molecule has 4 aromatic rings. The summed E-state index contributed by atoms with van der Waals surface area (Å²) in [4.78, 5) is 21.3. The normalized spacial score (nSPS) is 11.1. The number of amides is 1. The third-order valence-electron chi connectivity index (χ3n) is 5.10. The number of ether oxygens (including phenoxy) is 1. The minimum Gasteiger partial charge on any atom is -0.452 e. The zero-order valence-corrected chi connectivity index (χ0v) is 18.6. The Kier molecular flexibility index (Phi) is 5.92. The molecule has 34 heavy (non-hydrogen) atoms. The van der Waals surface area contributed by atoms with Crippen LogP contribution in [0.25, 0.3) is 16.9 Å². The summed E-state index contributed by atoms with van der Waals surface area (Å²) in [6.07, 6.45) is -1.12. The van der Waals surface area contributed by atoms with Crippen molar-refractivity contribution in [2.75, 3.05) is 30.5 Å². The number of rotatable bonds is 4. The highest BCUT2D eigenvalue weighted by Gasteiger charge is 2.23. The lowest BCUT2D eigenvalue weighted by Gasteiger charge is -2.18. The van der Waals surface area contributed by atoms with Crippen LogP contribution in [0.4, 0.5) is 35.3 Å². The predicted octanol–water partition coefficient (Wildman–Crippen LogP) is 3.84. The second kappa shape index (κ2) is 8.71. The van der Waals surface area contributed by atoms with E-state index in [1.807, 2.05) is 0 Å². The van der Waals surface area contributed by atoms with E-state index in [9.17, 15) is 18.0 Å². The van der Waals surface area contributed by atoms with Crippen molar-refractivity contribution in [3.63, 3.8) is 0 Å². The fourth-order valence-electron chi connectivity index (χ4n) is 3.48. The number of aromatic nitrogens is 4. The molecule has 1 amide bonds. The summed E-state index contributed by atoms with van der Waals surface area (Å²) in [7, 11) is 2.57. The van der Waals surface area contributed by atoms with Crippen molar-refractivity contribution in [1.29, 1.82) is 0 Å². The number of nitrogen functional groups attached to an aromatic ring is 2. The molecule has 0 aliphatic rings. The van der Waals surface area contributed by atoms with E-state index in [0.717, 1.165) is 11.0 Å². The molecule has 4 N–H and O–H groups in total. The van der Waals surface area contributed by atoms with Gasteiger partial charge >= 0.3 is 6.09 Å². The number of carbonyl (C=O) groups excluding carboxylic acids is 1. The largest absolute Gasteiger partial charge is 0.452 e. The van der Waals surface area contributed by atoms with E-state index in [4.69, 9.17) is 23.1 Å². The first-order chi connectivity index (χ1) is 16.1. The van der Waals surface area contributed by atoms with E-state index in [1.54, 1.807) is 12.1 Å². The summed E-state index contributed by atoms with van der Waals surface area (Å²) < 4.78 is 48.2. The molecule has 0 aliphatic heterocycles. The number of hydrogen-bond acceptors (Lipinski definition) is 7. The molecule has 0 fully saturated rings. The molecule has 176 valence electrons. The second-order valence-corrected chi connectivity index (χ2v) is 7.63. The molecule has 0 radical (unpaired) electrons. The Balaban J connectivity index is 1.87. The highest BCUT2D eigenvalue weighted by Crippen LogP contribution is 2.31. The molecule has 13 heteroatoms. The molecule has 0 aliphatic carbocycles. The number of anilines is 3. The van der Waals surface area contributed by atoms with E-state index < -0.39 is 29.1 Å². The lowest BCUT2D eigenvalue weighted by Crippen LogP contribution is -2.28. The molecule has 0 unspecified atom stereocenters. The zero-order chi connectivity index (χ0) is 24.7. The van der Waals surface area contributed by atoms with Gasteiger partial charge in [0.15, 0.2) is 23.3 Å². The van der Waals surface area contributed by atoms with Crippen LogP contribution in [-0.2, 0) is 11.2 Å². The van der Waals surface area contributed by atoms with Crippen LogP contribution in [0.1, 0.15) is 11.3 Å². The van der Waals surface area contributed by atoms with E-state index in [0.29, 0.717) is 22.0 Å². The number of benzene rings is 2. The number of halogens is 4. The van der Waals surface area contributed by atoms with Gasteiger partial charge in [-0.3, -0.25) is 4.90 Å². The quantitative estimate of drug-likeness (QED) is 0.415. The summed E-state index contributed by atoms with van der Waals surface area (Å²) in [6.45, 7) is 0. The topological polar surface area (TPSA) is 125 Å². The highest BCUT2D eigenvalue weighted by molar-refractivity contribution is 6.31. The molecule has 0 atom stereocenters. The molecule has 0 spiro atoms. The number of hydrogen-bond donors (Lipinski definition) is 2. The molecule has 2 aromatic carbocycles. The zero-order valence-electron chi connectivity index (χ0n) is 17.8. The monoisotopic (exact) mass is 491 g/mol.